The SMILES string of the molecule is CCN(C)Cc1cccc(CNC(=O)c2cc(-c3cccc(Cl)c3)no2)c1. The van der Waals surface area contributed by atoms with E-state index in [0.717, 1.165) is 24.2 Å². The summed E-state index contributed by atoms with van der Waals surface area (Å²) in [5, 5.41) is 7.44. The molecule has 3 aromatic rings. The van der Waals surface area contributed by atoms with Crippen LogP contribution in [0.1, 0.15) is 28.6 Å². The van der Waals surface area contributed by atoms with E-state index in [1.54, 1.807) is 18.2 Å². The molecule has 0 saturated heterocycles. The van der Waals surface area contributed by atoms with E-state index in [2.05, 4.69) is 41.5 Å². The Balaban J connectivity index is 1.62. The summed E-state index contributed by atoms with van der Waals surface area (Å²) in [4.78, 5) is 14.6. The predicted molar refractivity (Wildman–Crippen MR) is 107 cm³/mol. The molecule has 1 heterocycles. The summed E-state index contributed by atoms with van der Waals surface area (Å²) in [6, 6.07) is 17.1. The summed E-state index contributed by atoms with van der Waals surface area (Å²) < 4.78 is 5.19. The van der Waals surface area contributed by atoms with Gasteiger partial charge in [0, 0.05) is 29.7 Å². The number of hydrogen-bond donors (Lipinski definition) is 1. The van der Waals surface area contributed by atoms with Crippen LogP contribution < -0.4 is 5.32 Å². The first-order valence-electron chi connectivity index (χ1n) is 8.82. The molecule has 1 aromatic heterocycles. The van der Waals surface area contributed by atoms with Crippen molar-refractivity contribution in [2.75, 3.05) is 13.6 Å². The number of hydrogen-bond acceptors (Lipinski definition) is 4. The smallest absolute Gasteiger partial charge is 0.290 e. The number of carbonyl (C=O) groups is 1. The van der Waals surface area contributed by atoms with Crippen molar-refractivity contribution in [1.29, 1.82) is 0 Å². The van der Waals surface area contributed by atoms with Crippen molar-refractivity contribution in [2.24, 2.45) is 0 Å². The number of carbonyl (C=O) groups excluding carboxylic acids is 1. The third-order valence-electron chi connectivity index (χ3n) is 4.29. The van der Waals surface area contributed by atoms with Crippen LogP contribution >= 0.6 is 11.6 Å². The fourth-order valence-electron chi connectivity index (χ4n) is 2.70. The zero-order valence-electron chi connectivity index (χ0n) is 15.4. The summed E-state index contributed by atoms with van der Waals surface area (Å²) in [6.07, 6.45) is 0. The largest absolute Gasteiger partial charge is 0.350 e. The molecule has 6 heteroatoms. The van der Waals surface area contributed by atoms with Crippen LogP contribution in [0, 0.1) is 0 Å². The third kappa shape index (κ3) is 5.18. The Morgan fingerprint density at radius 2 is 1.93 bits per heavy atom. The van der Waals surface area contributed by atoms with Gasteiger partial charge in [-0.3, -0.25) is 4.79 Å². The molecule has 1 N–H and O–H groups in total. The van der Waals surface area contributed by atoms with Crippen molar-refractivity contribution in [2.45, 2.75) is 20.0 Å². The van der Waals surface area contributed by atoms with Gasteiger partial charge in [-0.25, -0.2) is 0 Å². The first-order chi connectivity index (χ1) is 13.0. The van der Waals surface area contributed by atoms with Crippen LogP contribution in [0.2, 0.25) is 5.02 Å². The fourth-order valence-corrected chi connectivity index (χ4v) is 2.89. The normalized spacial score (nSPS) is 11.0. The van der Waals surface area contributed by atoms with Gasteiger partial charge in [0.25, 0.3) is 5.91 Å². The van der Waals surface area contributed by atoms with Gasteiger partial charge in [0.05, 0.1) is 0 Å². The molecule has 0 aliphatic rings. The Hall–Kier alpha value is -2.63. The minimum Gasteiger partial charge on any atom is -0.350 e. The Bertz CT molecular complexity index is 923. The van der Waals surface area contributed by atoms with E-state index in [-0.39, 0.29) is 11.7 Å². The second-order valence-corrected chi connectivity index (χ2v) is 6.86. The molecule has 27 heavy (non-hydrogen) atoms. The lowest BCUT2D eigenvalue weighted by molar-refractivity contribution is 0.0914. The highest BCUT2D eigenvalue weighted by Crippen LogP contribution is 2.22. The molecule has 0 radical (unpaired) electrons. The Morgan fingerprint density at radius 1 is 1.15 bits per heavy atom. The van der Waals surface area contributed by atoms with Crippen molar-refractivity contribution >= 4 is 17.5 Å². The summed E-state index contributed by atoms with van der Waals surface area (Å²) in [7, 11) is 2.08. The molecule has 0 fully saturated rings. The topological polar surface area (TPSA) is 58.4 Å². The lowest BCUT2D eigenvalue weighted by Gasteiger charge is -2.14. The van der Waals surface area contributed by atoms with Gasteiger partial charge >= 0.3 is 0 Å². The number of amides is 1. The molecule has 1 amide bonds. The van der Waals surface area contributed by atoms with Crippen molar-refractivity contribution in [3.63, 3.8) is 0 Å². The highest BCUT2D eigenvalue weighted by molar-refractivity contribution is 6.30. The van der Waals surface area contributed by atoms with E-state index in [0.29, 0.717) is 17.3 Å². The zero-order valence-corrected chi connectivity index (χ0v) is 16.2. The molecule has 0 unspecified atom stereocenters. The van der Waals surface area contributed by atoms with Crippen LogP contribution in [0.15, 0.2) is 59.1 Å². The summed E-state index contributed by atoms with van der Waals surface area (Å²) in [5.74, 6) is -0.126. The zero-order chi connectivity index (χ0) is 19.2. The monoisotopic (exact) mass is 383 g/mol. The molecule has 3 rings (SSSR count). The molecule has 0 atom stereocenters. The van der Waals surface area contributed by atoms with Crippen molar-refractivity contribution < 1.29 is 9.32 Å². The summed E-state index contributed by atoms with van der Waals surface area (Å²) >= 11 is 5.99. The number of rotatable bonds is 7. The molecular weight excluding hydrogens is 362 g/mol. The van der Waals surface area contributed by atoms with Crippen molar-refractivity contribution in [3.8, 4) is 11.3 Å². The van der Waals surface area contributed by atoms with Gasteiger partial charge in [-0.2, -0.15) is 0 Å². The number of nitrogens with zero attached hydrogens (tertiary/aromatic N) is 2. The molecular formula is C21H22ClN3O2. The number of benzene rings is 2. The Labute approximate surface area is 163 Å². The highest BCUT2D eigenvalue weighted by Gasteiger charge is 2.14. The van der Waals surface area contributed by atoms with Gasteiger partial charge in [-0.05, 0) is 36.9 Å². The summed E-state index contributed by atoms with van der Waals surface area (Å²) in [5.41, 5.74) is 3.64. The molecule has 0 aliphatic heterocycles. The van der Waals surface area contributed by atoms with E-state index < -0.39 is 0 Å². The highest BCUT2D eigenvalue weighted by atomic mass is 35.5. The van der Waals surface area contributed by atoms with Crippen molar-refractivity contribution in [3.05, 3.63) is 76.5 Å². The molecule has 2 aromatic carbocycles. The minimum atomic E-state index is -0.299. The Kier molecular flexibility index (Phi) is 6.27. The average molecular weight is 384 g/mol. The molecule has 0 spiro atoms. The predicted octanol–water partition coefficient (Wildman–Crippen LogP) is 4.38. The van der Waals surface area contributed by atoms with Crippen LogP contribution in [0.4, 0.5) is 0 Å². The lowest BCUT2D eigenvalue weighted by atomic mass is 10.1. The summed E-state index contributed by atoms with van der Waals surface area (Å²) in [6.45, 7) is 4.42. The van der Waals surface area contributed by atoms with Gasteiger partial charge in [0.15, 0.2) is 0 Å². The van der Waals surface area contributed by atoms with Crippen LogP contribution in [-0.2, 0) is 13.1 Å². The van der Waals surface area contributed by atoms with E-state index in [9.17, 15) is 4.79 Å². The first-order valence-corrected chi connectivity index (χ1v) is 9.20. The number of halogens is 1. The molecule has 140 valence electrons. The van der Waals surface area contributed by atoms with Gasteiger partial charge in [0.2, 0.25) is 5.76 Å². The quantitative estimate of drug-likeness (QED) is 0.657. The standard InChI is InChI=1S/C21H22ClN3O2/c1-3-25(2)14-16-7-4-6-15(10-16)13-23-21(26)20-12-19(24-27-20)17-8-5-9-18(22)11-17/h4-12H,3,13-14H2,1-2H3,(H,23,26). The fraction of sp³-hybridized carbons (Fsp3) is 0.238. The molecule has 0 bridgehead atoms. The van der Waals surface area contributed by atoms with E-state index in [1.807, 2.05) is 24.3 Å². The van der Waals surface area contributed by atoms with Gasteiger partial charge < -0.3 is 14.7 Å². The molecule has 5 nitrogen and oxygen atoms in total. The molecule has 0 aliphatic carbocycles. The maximum Gasteiger partial charge on any atom is 0.290 e. The van der Waals surface area contributed by atoms with E-state index in [4.69, 9.17) is 16.1 Å². The first kappa shape index (κ1) is 19.1. The van der Waals surface area contributed by atoms with Crippen LogP contribution in [-0.4, -0.2) is 29.6 Å². The van der Waals surface area contributed by atoms with Gasteiger partial charge in [-0.15, -0.1) is 0 Å². The second-order valence-electron chi connectivity index (χ2n) is 6.42. The third-order valence-corrected chi connectivity index (χ3v) is 4.53. The van der Waals surface area contributed by atoms with Crippen LogP contribution in [0.25, 0.3) is 11.3 Å². The van der Waals surface area contributed by atoms with E-state index in [1.165, 1.54) is 5.56 Å². The Morgan fingerprint density at radius 3 is 2.70 bits per heavy atom. The van der Waals surface area contributed by atoms with Crippen LogP contribution in [0.3, 0.4) is 0 Å². The average Bonchev–Trinajstić information content (AvgIpc) is 3.17. The second kappa shape index (κ2) is 8.84. The van der Waals surface area contributed by atoms with Crippen molar-refractivity contribution in [1.82, 2.24) is 15.4 Å². The maximum atomic E-state index is 12.4. The lowest BCUT2D eigenvalue weighted by Crippen LogP contribution is -2.22. The number of nitrogens with one attached hydrogen (secondary N) is 1. The maximum absolute atomic E-state index is 12.4. The number of aromatic nitrogens is 1. The molecule has 0 saturated carbocycles. The minimum absolute atomic E-state index is 0.173. The van der Waals surface area contributed by atoms with Gasteiger partial charge in [-0.1, -0.05) is 60.1 Å². The van der Waals surface area contributed by atoms with E-state index >= 15 is 0 Å². The van der Waals surface area contributed by atoms with Gasteiger partial charge in [0.1, 0.15) is 5.69 Å². The van der Waals surface area contributed by atoms with Crippen LogP contribution in [0.5, 0.6) is 0 Å².